The molecule has 8 bridgehead atoms. The van der Waals surface area contributed by atoms with Crippen LogP contribution in [-0.4, -0.2) is 26.4 Å². The van der Waals surface area contributed by atoms with Gasteiger partial charge in [0.05, 0.1) is 13.2 Å². The van der Waals surface area contributed by atoms with Gasteiger partial charge >= 0.3 is 0 Å². The van der Waals surface area contributed by atoms with Crippen molar-refractivity contribution in [3.63, 3.8) is 0 Å². The van der Waals surface area contributed by atoms with Crippen LogP contribution in [0.15, 0.2) is 81.7 Å². The third-order valence-corrected chi connectivity index (χ3v) is 9.68. The number of hydrogen-bond donors (Lipinski definition) is 0. The molecule has 0 saturated heterocycles. The zero-order valence-electron chi connectivity index (χ0n) is 23.4. The van der Waals surface area contributed by atoms with E-state index < -0.39 is 0 Å². The van der Waals surface area contributed by atoms with Gasteiger partial charge in [-0.15, -0.1) is 0 Å². The molecule has 0 aromatic heterocycles. The van der Waals surface area contributed by atoms with Gasteiger partial charge < -0.3 is 14.2 Å². The van der Waals surface area contributed by atoms with E-state index in [2.05, 4.69) is 105 Å². The number of ether oxygens (including phenoxy) is 3. The Morgan fingerprint density at radius 3 is 1.20 bits per heavy atom. The Hall–Kier alpha value is -2.60. The minimum Gasteiger partial charge on any atom is -0.491 e. The molecule has 0 N–H and O–H groups in total. The summed E-state index contributed by atoms with van der Waals surface area (Å²) in [5.74, 6) is 1.99. The molecule has 5 heteroatoms. The molecule has 0 amide bonds. The van der Waals surface area contributed by atoms with E-state index in [0.717, 1.165) is 62.9 Å². The Balaban J connectivity index is 0.989. The van der Waals surface area contributed by atoms with E-state index >= 15 is 0 Å². The quantitative estimate of drug-likeness (QED) is 0.176. The highest BCUT2D eigenvalue weighted by atomic mass is 79.9. The molecule has 0 aliphatic heterocycles. The molecule has 0 heterocycles. The second-order valence-corrected chi connectivity index (χ2v) is 12.8. The van der Waals surface area contributed by atoms with Crippen molar-refractivity contribution in [1.82, 2.24) is 0 Å². The molecule has 41 heavy (non-hydrogen) atoms. The maximum atomic E-state index is 6.25. The Morgan fingerprint density at radius 2 is 0.780 bits per heavy atom. The van der Waals surface area contributed by atoms with Gasteiger partial charge in [0.15, 0.2) is 0 Å². The summed E-state index contributed by atoms with van der Waals surface area (Å²) in [5, 5.41) is 0. The van der Waals surface area contributed by atoms with E-state index in [9.17, 15) is 0 Å². The van der Waals surface area contributed by atoms with Crippen molar-refractivity contribution in [3.8, 4) is 11.5 Å². The van der Waals surface area contributed by atoms with Gasteiger partial charge in [-0.2, -0.15) is 0 Å². The van der Waals surface area contributed by atoms with Crippen molar-refractivity contribution >= 4 is 31.9 Å². The van der Waals surface area contributed by atoms with Gasteiger partial charge in [-0.3, -0.25) is 0 Å². The lowest BCUT2D eigenvalue weighted by atomic mass is 9.96. The third-order valence-electron chi connectivity index (χ3n) is 8.20. The molecule has 0 fully saturated rings. The highest BCUT2D eigenvalue weighted by molar-refractivity contribution is 9.10. The number of aryl methyl sites for hydroxylation is 8. The van der Waals surface area contributed by atoms with Crippen LogP contribution in [0.3, 0.4) is 0 Å². The second-order valence-electron chi connectivity index (χ2n) is 11.0. The topological polar surface area (TPSA) is 27.7 Å². The summed E-state index contributed by atoms with van der Waals surface area (Å²) in [7, 11) is 0. The van der Waals surface area contributed by atoms with Gasteiger partial charge in [-0.05, 0) is 120 Å². The first-order valence-electron chi connectivity index (χ1n) is 14.7. The number of halogens is 2. The van der Waals surface area contributed by atoms with Gasteiger partial charge in [0.1, 0.15) is 24.7 Å². The number of rotatable bonds is 8. The molecule has 4 aromatic rings. The maximum absolute atomic E-state index is 6.25. The molecule has 8 aliphatic carbocycles. The first-order valence-corrected chi connectivity index (χ1v) is 16.3. The molecule has 3 nitrogen and oxygen atoms in total. The van der Waals surface area contributed by atoms with E-state index in [-0.39, 0.29) is 0 Å². The summed E-state index contributed by atoms with van der Waals surface area (Å²) < 4.78 is 20.9. The molecular weight excluding hydrogens is 640 g/mol. The normalized spacial score (nSPS) is 14.3. The molecule has 212 valence electrons. The first kappa shape index (κ1) is 28.5. The first-order chi connectivity index (χ1) is 20.1. The zero-order valence-corrected chi connectivity index (χ0v) is 26.6. The second kappa shape index (κ2) is 13.6. The third kappa shape index (κ3) is 7.43. The van der Waals surface area contributed by atoms with Crippen LogP contribution in [0, 0.1) is 0 Å². The Bertz CT molecular complexity index is 1400. The minimum atomic E-state index is 0.532. The minimum absolute atomic E-state index is 0.532. The van der Waals surface area contributed by atoms with E-state index in [1.54, 1.807) is 0 Å². The summed E-state index contributed by atoms with van der Waals surface area (Å²) in [4.78, 5) is 0. The Morgan fingerprint density at radius 1 is 0.415 bits per heavy atom. The Kier molecular flexibility index (Phi) is 9.45. The summed E-state index contributed by atoms with van der Waals surface area (Å²) in [5.41, 5.74) is 10.5. The molecule has 0 atom stereocenters. The fraction of sp³-hybridized carbons (Fsp3) is 0.333. The van der Waals surface area contributed by atoms with Crippen LogP contribution in [0.25, 0.3) is 0 Å². The van der Waals surface area contributed by atoms with Crippen LogP contribution in [0.5, 0.6) is 11.5 Å². The van der Waals surface area contributed by atoms with Gasteiger partial charge in [0, 0.05) is 8.95 Å². The van der Waals surface area contributed by atoms with E-state index in [1.807, 2.05) is 0 Å². The average Bonchev–Trinajstić information content (AvgIpc) is 2.96. The summed E-state index contributed by atoms with van der Waals surface area (Å²) in [6.45, 7) is 2.14. The molecule has 12 rings (SSSR count). The summed E-state index contributed by atoms with van der Waals surface area (Å²) in [6.07, 6.45) is 7.92. The van der Waals surface area contributed by atoms with Crippen LogP contribution in [0.1, 0.15) is 44.5 Å². The van der Waals surface area contributed by atoms with Gasteiger partial charge in [-0.1, -0.05) is 80.4 Å². The van der Waals surface area contributed by atoms with E-state index in [0.29, 0.717) is 26.4 Å². The average molecular weight is 676 g/mol. The molecular formula is C36H36Br2O3. The summed E-state index contributed by atoms with van der Waals surface area (Å²) in [6, 6.07) is 27.0. The zero-order chi connectivity index (χ0) is 28.0. The fourth-order valence-electron chi connectivity index (χ4n) is 5.73. The fourth-order valence-corrected chi connectivity index (χ4v) is 6.98. The largest absolute Gasteiger partial charge is 0.491 e. The van der Waals surface area contributed by atoms with Crippen LogP contribution in [-0.2, 0) is 56.1 Å². The van der Waals surface area contributed by atoms with E-state index in [4.69, 9.17) is 14.2 Å². The predicted molar refractivity (Wildman–Crippen MR) is 173 cm³/mol. The van der Waals surface area contributed by atoms with Crippen LogP contribution in [0.4, 0.5) is 0 Å². The van der Waals surface area contributed by atoms with Crippen molar-refractivity contribution in [2.45, 2.75) is 51.4 Å². The van der Waals surface area contributed by atoms with Crippen LogP contribution < -0.4 is 9.47 Å². The summed E-state index contributed by atoms with van der Waals surface area (Å²) >= 11 is 7.51. The maximum Gasteiger partial charge on any atom is 0.122 e. The van der Waals surface area contributed by atoms with Crippen LogP contribution in [0.2, 0.25) is 0 Å². The molecule has 0 saturated carbocycles. The standard InChI is InChI=1S/C36H36Br2O3/c37-33-21-25-1-9-29(33)11-3-27-7-15-31(13-5-25)35(23-27)40-19-17-39-18-20-41-36-24-28-4-12-30-10-2-26(22-34(30)38)6-14-32(36)16-8-28/h1-2,7-10,15-16,21-24H,3-6,11-14,17-20H2. The molecule has 0 spiro atoms. The van der Waals surface area contributed by atoms with Crippen molar-refractivity contribution in [1.29, 1.82) is 0 Å². The van der Waals surface area contributed by atoms with Gasteiger partial charge in [0.2, 0.25) is 0 Å². The highest BCUT2D eigenvalue weighted by Gasteiger charge is 2.12. The number of hydrogen-bond acceptors (Lipinski definition) is 3. The highest BCUT2D eigenvalue weighted by Crippen LogP contribution is 2.29. The monoisotopic (exact) mass is 674 g/mol. The molecule has 0 radical (unpaired) electrons. The SMILES string of the molecule is Brc1cc2ccc1CCc1ccc(c(OCCOCCOc3cc4ccc3CCc3ccc(c(Br)c3)CC4)c1)CC2. The predicted octanol–water partition coefficient (Wildman–Crippen LogP) is 8.45. The lowest BCUT2D eigenvalue weighted by Gasteiger charge is -2.17. The molecule has 8 aliphatic rings. The lowest BCUT2D eigenvalue weighted by molar-refractivity contribution is 0.0759. The van der Waals surface area contributed by atoms with Crippen molar-refractivity contribution in [2.24, 2.45) is 0 Å². The van der Waals surface area contributed by atoms with E-state index in [1.165, 1.54) is 53.5 Å². The smallest absolute Gasteiger partial charge is 0.122 e. The van der Waals surface area contributed by atoms with Crippen molar-refractivity contribution in [2.75, 3.05) is 26.4 Å². The molecule has 0 unspecified atom stereocenters. The Labute approximate surface area is 260 Å². The van der Waals surface area contributed by atoms with Crippen LogP contribution >= 0.6 is 31.9 Å². The lowest BCUT2D eigenvalue weighted by Crippen LogP contribution is -2.13. The van der Waals surface area contributed by atoms with Crippen molar-refractivity contribution < 1.29 is 14.2 Å². The van der Waals surface area contributed by atoms with Crippen molar-refractivity contribution in [3.05, 3.63) is 126 Å². The molecule has 4 aromatic carbocycles. The van der Waals surface area contributed by atoms with Gasteiger partial charge in [0.25, 0.3) is 0 Å². The van der Waals surface area contributed by atoms with Gasteiger partial charge in [-0.25, -0.2) is 0 Å². The number of benzene rings is 4.